The van der Waals surface area contributed by atoms with Gasteiger partial charge >= 0.3 is 0 Å². The number of thiophene rings is 1. The highest BCUT2D eigenvalue weighted by molar-refractivity contribution is 7.16. The fourth-order valence-corrected chi connectivity index (χ4v) is 4.31. The van der Waals surface area contributed by atoms with Gasteiger partial charge in [-0.15, -0.1) is 11.3 Å². The van der Waals surface area contributed by atoms with E-state index in [1.54, 1.807) is 37.6 Å². The van der Waals surface area contributed by atoms with Gasteiger partial charge in [0.2, 0.25) is 11.8 Å². The van der Waals surface area contributed by atoms with E-state index in [0.29, 0.717) is 16.4 Å². The summed E-state index contributed by atoms with van der Waals surface area (Å²) in [6, 6.07) is 5.37. The lowest BCUT2D eigenvalue weighted by Crippen LogP contribution is -2.31. The van der Waals surface area contributed by atoms with Crippen molar-refractivity contribution in [2.45, 2.75) is 45.1 Å². The molecule has 1 amide bonds. The van der Waals surface area contributed by atoms with Gasteiger partial charge in [-0.25, -0.2) is 4.98 Å². The van der Waals surface area contributed by atoms with E-state index in [1.165, 1.54) is 11.3 Å². The molecule has 136 valence electrons. The van der Waals surface area contributed by atoms with Crippen LogP contribution >= 0.6 is 11.3 Å². The minimum atomic E-state index is -0.460. The Morgan fingerprint density at radius 2 is 2.15 bits per heavy atom. The molecule has 0 spiro atoms. The van der Waals surface area contributed by atoms with E-state index in [0.717, 1.165) is 36.9 Å². The van der Waals surface area contributed by atoms with Crippen LogP contribution in [0.25, 0.3) is 0 Å². The second-order valence-electron chi connectivity index (χ2n) is 6.32. The second kappa shape index (κ2) is 8.19. The Morgan fingerprint density at radius 3 is 2.85 bits per heavy atom. The van der Waals surface area contributed by atoms with Crippen LogP contribution in [0, 0.1) is 11.3 Å². The van der Waals surface area contributed by atoms with Crippen LogP contribution in [0.3, 0.4) is 0 Å². The molecular weight excluding hydrogens is 348 g/mol. The van der Waals surface area contributed by atoms with Gasteiger partial charge in [0.05, 0.1) is 24.6 Å². The lowest BCUT2D eigenvalue weighted by Gasteiger charge is -2.14. The lowest BCUT2D eigenvalue weighted by atomic mass is 10.1. The van der Waals surface area contributed by atoms with Crippen molar-refractivity contribution in [3.05, 3.63) is 34.3 Å². The number of carbonyl (C=O) groups is 1. The van der Waals surface area contributed by atoms with Crippen LogP contribution in [0.5, 0.6) is 5.88 Å². The normalized spacial score (nSPS) is 14.5. The van der Waals surface area contributed by atoms with Gasteiger partial charge in [0.15, 0.2) is 0 Å². The molecule has 2 heterocycles. The maximum atomic E-state index is 12.6. The number of anilines is 2. The third-order valence-corrected chi connectivity index (χ3v) is 5.70. The highest BCUT2D eigenvalue weighted by Gasteiger charge is 2.22. The van der Waals surface area contributed by atoms with Crippen LogP contribution in [0.2, 0.25) is 0 Å². The Labute approximate surface area is 157 Å². The zero-order chi connectivity index (χ0) is 18.5. The van der Waals surface area contributed by atoms with Crippen LogP contribution < -0.4 is 15.4 Å². The third-order valence-electron chi connectivity index (χ3n) is 4.49. The van der Waals surface area contributed by atoms with Crippen molar-refractivity contribution in [2.24, 2.45) is 0 Å². The molecule has 0 saturated carbocycles. The van der Waals surface area contributed by atoms with E-state index in [2.05, 4.69) is 21.7 Å². The molecule has 0 fully saturated rings. The van der Waals surface area contributed by atoms with Crippen molar-refractivity contribution in [1.82, 2.24) is 4.98 Å². The maximum absolute atomic E-state index is 12.6. The van der Waals surface area contributed by atoms with Crippen LogP contribution in [0.1, 0.15) is 42.2 Å². The molecule has 0 aliphatic heterocycles. The molecular formula is C19H22N4O2S. The number of hydrogen-bond acceptors (Lipinski definition) is 6. The Hall–Kier alpha value is -2.59. The number of aromatic nitrogens is 1. The zero-order valence-corrected chi connectivity index (χ0v) is 15.8. The quantitative estimate of drug-likeness (QED) is 0.783. The van der Waals surface area contributed by atoms with E-state index in [4.69, 9.17) is 4.74 Å². The van der Waals surface area contributed by atoms with Crippen LogP contribution in [-0.2, 0) is 17.6 Å². The van der Waals surface area contributed by atoms with E-state index in [9.17, 15) is 10.1 Å². The zero-order valence-electron chi connectivity index (χ0n) is 15.0. The van der Waals surface area contributed by atoms with Crippen molar-refractivity contribution in [3.63, 3.8) is 0 Å². The average molecular weight is 370 g/mol. The highest BCUT2D eigenvalue weighted by atomic mass is 32.1. The van der Waals surface area contributed by atoms with Crippen LogP contribution in [-0.4, -0.2) is 24.0 Å². The van der Waals surface area contributed by atoms with Gasteiger partial charge in [0, 0.05) is 10.9 Å². The van der Waals surface area contributed by atoms with Gasteiger partial charge < -0.3 is 15.4 Å². The molecule has 6 nitrogen and oxygen atoms in total. The first-order chi connectivity index (χ1) is 12.6. The summed E-state index contributed by atoms with van der Waals surface area (Å²) in [7, 11) is 1.56. The predicted octanol–water partition coefficient (Wildman–Crippen LogP) is 3.73. The minimum absolute atomic E-state index is 0.172. The lowest BCUT2D eigenvalue weighted by molar-refractivity contribution is -0.116. The summed E-state index contributed by atoms with van der Waals surface area (Å²) in [5, 5.41) is 16.3. The molecule has 2 aromatic rings. The number of nitrogens with zero attached hydrogens (tertiary/aromatic N) is 2. The van der Waals surface area contributed by atoms with E-state index in [1.807, 2.05) is 6.07 Å². The second-order valence-corrected chi connectivity index (χ2v) is 7.43. The van der Waals surface area contributed by atoms with Gasteiger partial charge in [-0.1, -0.05) is 6.42 Å². The number of nitrogens with one attached hydrogen (secondary N) is 2. The molecule has 0 bridgehead atoms. The predicted molar refractivity (Wildman–Crippen MR) is 103 cm³/mol. The largest absolute Gasteiger partial charge is 0.481 e. The highest BCUT2D eigenvalue weighted by Crippen LogP contribution is 2.37. The Balaban J connectivity index is 1.70. The van der Waals surface area contributed by atoms with Gasteiger partial charge in [-0.3, -0.25) is 4.79 Å². The van der Waals surface area contributed by atoms with Crippen molar-refractivity contribution in [2.75, 3.05) is 17.7 Å². The number of ether oxygens (including phenoxy) is 1. The Kier molecular flexibility index (Phi) is 5.74. The number of pyridine rings is 1. The summed E-state index contributed by atoms with van der Waals surface area (Å²) < 4.78 is 5.03. The SMILES string of the molecule is COc1ccc(NC(C)C(=O)Nc2sc3c(c2C#N)CCCCC3)cn1. The van der Waals surface area contributed by atoms with Crippen molar-refractivity contribution >= 4 is 27.9 Å². The average Bonchev–Trinajstić information content (AvgIpc) is 2.81. The standard InChI is InChI=1S/C19H22N4O2S/c1-12(22-13-8-9-17(25-2)21-11-13)18(24)23-19-15(10-20)14-6-4-3-5-7-16(14)26-19/h8-9,11-12,22H,3-7H2,1-2H3,(H,23,24). The van der Waals surface area contributed by atoms with E-state index in [-0.39, 0.29) is 5.91 Å². The molecule has 0 saturated heterocycles. The number of amides is 1. The number of rotatable bonds is 5. The summed E-state index contributed by atoms with van der Waals surface area (Å²) in [6.07, 6.45) is 7.00. The van der Waals surface area contributed by atoms with Gasteiger partial charge in [0.25, 0.3) is 0 Å². The summed E-state index contributed by atoms with van der Waals surface area (Å²) >= 11 is 1.55. The van der Waals surface area contributed by atoms with Crippen molar-refractivity contribution < 1.29 is 9.53 Å². The summed E-state index contributed by atoms with van der Waals surface area (Å²) in [5.74, 6) is 0.347. The summed E-state index contributed by atoms with van der Waals surface area (Å²) in [4.78, 5) is 17.9. The number of fused-ring (bicyclic) bond motifs is 1. The maximum Gasteiger partial charge on any atom is 0.247 e. The van der Waals surface area contributed by atoms with Gasteiger partial charge in [-0.05, 0) is 44.2 Å². The minimum Gasteiger partial charge on any atom is -0.481 e. The third kappa shape index (κ3) is 3.97. The molecule has 7 heteroatoms. The molecule has 2 aromatic heterocycles. The van der Waals surface area contributed by atoms with Gasteiger partial charge in [-0.2, -0.15) is 5.26 Å². The first kappa shape index (κ1) is 18.2. The number of carbonyl (C=O) groups excluding carboxylic acids is 1. The molecule has 0 radical (unpaired) electrons. The molecule has 3 rings (SSSR count). The van der Waals surface area contributed by atoms with E-state index >= 15 is 0 Å². The molecule has 1 aliphatic rings. The number of aryl methyl sites for hydroxylation is 1. The molecule has 1 atom stereocenters. The van der Waals surface area contributed by atoms with Gasteiger partial charge in [0.1, 0.15) is 17.1 Å². The fraction of sp³-hybridized carbons (Fsp3) is 0.421. The first-order valence-electron chi connectivity index (χ1n) is 8.74. The summed E-state index contributed by atoms with van der Waals surface area (Å²) in [5.41, 5.74) is 2.50. The van der Waals surface area contributed by atoms with E-state index < -0.39 is 6.04 Å². The fourth-order valence-electron chi connectivity index (χ4n) is 3.07. The molecule has 1 unspecified atom stereocenters. The summed E-state index contributed by atoms with van der Waals surface area (Å²) in [6.45, 7) is 1.78. The Bertz CT molecular complexity index is 823. The number of nitriles is 1. The Morgan fingerprint density at radius 1 is 1.35 bits per heavy atom. The molecule has 0 aromatic carbocycles. The number of methoxy groups -OCH3 is 1. The molecule has 2 N–H and O–H groups in total. The van der Waals surface area contributed by atoms with Crippen molar-refractivity contribution in [1.29, 1.82) is 5.26 Å². The number of hydrogen-bond donors (Lipinski definition) is 2. The van der Waals surface area contributed by atoms with Crippen LogP contribution in [0.15, 0.2) is 18.3 Å². The molecule has 26 heavy (non-hydrogen) atoms. The first-order valence-corrected chi connectivity index (χ1v) is 9.56. The monoisotopic (exact) mass is 370 g/mol. The smallest absolute Gasteiger partial charge is 0.247 e. The van der Waals surface area contributed by atoms with Crippen LogP contribution in [0.4, 0.5) is 10.7 Å². The molecule has 1 aliphatic carbocycles. The topological polar surface area (TPSA) is 87.0 Å². The van der Waals surface area contributed by atoms with Crippen molar-refractivity contribution in [3.8, 4) is 11.9 Å².